The van der Waals surface area contributed by atoms with Crippen LogP contribution >= 0.6 is 11.6 Å². The van der Waals surface area contributed by atoms with Crippen molar-refractivity contribution in [3.8, 4) is 5.75 Å². The molecule has 1 saturated heterocycles. The van der Waals surface area contributed by atoms with Crippen molar-refractivity contribution < 1.29 is 58.3 Å². The van der Waals surface area contributed by atoms with Crippen molar-refractivity contribution >= 4 is 33.7 Å². The smallest absolute Gasteiger partial charge is 0.435 e. The van der Waals surface area contributed by atoms with Crippen LogP contribution in [0.2, 0.25) is 5.02 Å². The number of hydrogen-bond donors (Lipinski definition) is 1. The maximum absolute atomic E-state index is 14.5. The number of carbonyl (C=O) groups is 1. The fourth-order valence-electron chi connectivity index (χ4n) is 4.29. The molecule has 2 aromatic rings. The minimum atomic E-state index is -6.05. The quantitative estimate of drug-likeness (QED) is 0.170. The lowest BCUT2D eigenvalue weighted by atomic mass is 9.78. The van der Waals surface area contributed by atoms with Gasteiger partial charge in [-0.2, -0.15) is 34.8 Å². The Morgan fingerprint density at radius 1 is 1.15 bits per heavy atom. The molecule has 41 heavy (non-hydrogen) atoms. The first-order valence-electron chi connectivity index (χ1n) is 12.0. The van der Waals surface area contributed by atoms with Gasteiger partial charge >= 0.3 is 28.0 Å². The number of aromatic nitrogens is 1. The summed E-state index contributed by atoms with van der Waals surface area (Å²) in [5.41, 5.74) is -10.2. The monoisotopic (exact) mass is 634 g/mol. The standard InChI is InChI=1S/C24H25ClF6N2O7S/c1-3-38-21(34)39-16-7-10-33(11-8-16)20-12-15(6-9-32-20)22(35,23(26,27)28)14(2)18-5-4-17(13-19(18)25)40-41(36,37)24(29,30)31/h4-6,9,12-14,16,35H,3,7-8,10-11H2,1-2H3. The Balaban J connectivity index is 1.88. The Hall–Kier alpha value is -2.98. The number of rotatable bonds is 8. The zero-order chi connectivity index (χ0) is 30.8. The fraction of sp³-hybridized carbons (Fsp3) is 0.500. The molecule has 1 aliphatic heterocycles. The second kappa shape index (κ2) is 12.1. The number of hydrogen-bond acceptors (Lipinski definition) is 9. The van der Waals surface area contributed by atoms with Crippen molar-refractivity contribution in [1.29, 1.82) is 0 Å². The van der Waals surface area contributed by atoms with Crippen LogP contribution in [0, 0.1) is 0 Å². The number of alkyl halides is 6. The second-order valence-electron chi connectivity index (χ2n) is 9.04. The summed E-state index contributed by atoms with van der Waals surface area (Å²) in [6.45, 7) is 3.30. The van der Waals surface area contributed by atoms with Crippen LogP contribution < -0.4 is 9.08 Å². The number of carbonyl (C=O) groups excluding carboxylic acids is 1. The number of ether oxygens (including phenoxy) is 2. The number of piperidine rings is 1. The summed E-state index contributed by atoms with van der Waals surface area (Å²) in [6.07, 6.45) is -4.78. The Morgan fingerprint density at radius 2 is 1.78 bits per heavy atom. The summed E-state index contributed by atoms with van der Waals surface area (Å²) in [6, 6.07) is 4.15. The lowest BCUT2D eigenvalue weighted by molar-refractivity contribution is -0.274. The molecular formula is C24H25ClF6N2O7S. The number of aliphatic hydroxyl groups is 1. The molecule has 1 N–H and O–H groups in total. The van der Waals surface area contributed by atoms with Gasteiger partial charge in [0.15, 0.2) is 5.60 Å². The molecule has 1 fully saturated rings. The minimum Gasteiger partial charge on any atom is -0.435 e. The molecule has 0 amide bonds. The number of pyridine rings is 1. The highest BCUT2D eigenvalue weighted by Gasteiger charge is 2.59. The maximum atomic E-state index is 14.5. The second-order valence-corrected chi connectivity index (χ2v) is 11.0. The molecule has 1 aromatic heterocycles. The van der Waals surface area contributed by atoms with Crippen molar-refractivity contribution in [2.45, 2.75) is 56.0 Å². The molecule has 0 aliphatic carbocycles. The molecule has 228 valence electrons. The highest BCUT2D eigenvalue weighted by molar-refractivity contribution is 7.88. The van der Waals surface area contributed by atoms with Crippen LogP contribution in [0.15, 0.2) is 36.5 Å². The SMILES string of the molecule is CCOC(=O)OC1CCN(c2cc(C(O)(C(C)c3ccc(OS(=O)(=O)C(F)(F)F)cc3Cl)C(F)(F)F)ccn2)CC1. The van der Waals surface area contributed by atoms with E-state index >= 15 is 0 Å². The molecule has 2 atom stereocenters. The third-order valence-corrected chi connectivity index (χ3v) is 7.77. The molecule has 1 aliphatic rings. The van der Waals surface area contributed by atoms with Crippen LogP contribution in [0.25, 0.3) is 0 Å². The van der Waals surface area contributed by atoms with Gasteiger partial charge in [-0.05, 0) is 36.2 Å². The predicted molar refractivity (Wildman–Crippen MR) is 133 cm³/mol. The normalized spacial score (nSPS) is 17.5. The number of anilines is 1. The third kappa shape index (κ3) is 7.09. The van der Waals surface area contributed by atoms with E-state index in [-0.39, 0.29) is 31.1 Å². The van der Waals surface area contributed by atoms with Crippen LogP contribution in [0.3, 0.4) is 0 Å². The van der Waals surface area contributed by atoms with Gasteiger partial charge in [0.05, 0.1) is 6.61 Å². The third-order valence-electron chi connectivity index (χ3n) is 6.46. The highest BCUT2D eigenvalue weighted by atomic mass is 35.5. The summed E-state index contributed by atoms with van der Waals surface area (Å²) in [7, 11) is -6.05. The first-order valence-corrected chi connectivity index (χ1v) is 13.8. The van der Waals surface area contributed by atoms with E-state index in [0.29, 0.717) is 25.0 Å². The van der Waals surface area contributed by atoms with E-state index < -0.39 is 61.9 Å². The fourth-order valence-corrected chi connectivity index (χ4v) is 5.07. The number of halogens is 7. The molecule has 2 unspecified atom stereocenters. The Labute approximate surface area is 236 Å². The van der Waals surface area contributed by atoms with Gasteiger partial charge in [-0.1, -0.05) is 24.6 Å². The molecular weight excluding hydrogens is 610 g/mol. The first kappa shape index (κ1) is 32.5. The maximum Gasteiger partial charge on any atom is 0.534 e. The highest BCUT2D eigenvalue weighted by Crippen LogP contribution is 2.50. The average Bonchev–Trinajstić information content (AvgIpc) is 2.87. The van der Waals surface area contributed by atoms with Gasteiger partial charge < -0.3 is 23.7 Å². The van der Waals surface area contributed by atoms with Gasteiger partial charge in [-0.15, -0.1) is 0 Å². The van der Waals surface area contributed by atoms with E-state index in [1.54, 1.807) is 11.8 Å². The molecule has 0 radical (unpaired) electrons. The van der Waals surface area contributed by atoms with Crippen molar-refractivity contribution in [3.05, 3.63) is 52.7 Å². The lowest BCUT2D eigenvalue weighted by Crippen LogP contribution is -2.47. The van der Waals surface area contributed by atoms with Crippen molar-refractivity contribution in [1.82, 2.24) is 4.98 Å². The topological polar surface area (TPSA) is 115 Å². The summed E-state index contributed by atoms with van der Waals surface area (Å²) in [5.74, 6) is -2.61. The van der Waals surface area contributed by atoms with Gasteiger partial charge in [0.1, 0.15) is 17.7 Å². The molecule has 9 nitrogen and oxygen atoms in total. The zero-order valence-electron chi connectivity index (χ0n) is 21.5. The Morgan fingerprint density at radius 3 is 2.32 bits per heavy atom. The van der Waals surface area contributed by atoms with E-state index in [4.69, 9.17) is 21.1 Å². The Kier molecular flexibility index (Phi) is 9.60. The van der Waals surface area contributed by atoms with Crippen LogP contribution in [-0.2, 0) is 25.2 Å². The van der Waals surface area contributed by atoms with Crippen LogP contribution in [-0.4, -0.2) is 62.1 Å². The van der Waals surface area contributed by atoms with Gasteiger partial charge in [0, 0.05) is 49.1 Å². The van der Waals surface area contributed by atoms with Crippen LogP contribution in [0.1, 0.15) is 43.7 Å². The molecule has 2 heterocycles. The molecule has 3 rings (SSSR count). The average molecular weight is 635 g/mol. The predicted octanol–water partition coefficient (Wildman–Crippen LogP) is 5.66. The van der Waals surface area contributed by atoms with Gasteiger partial charge in [-0.3, -0.25) is 0 Å². The summed E-state index contributed by atoms with van der Waals surface area (Å²) in [5, 5.41) is 10.6. The molecule has 17 heteroatoms. The first-order chi connectivity index (χ1) is 18.9. The largest absolute Gasteiger partial charge is 0.534 e. The van der Waals surface area contributed by atoms with Crippen molar-refractivity contribution in [3.63, 3.8) is 0 Å². The van der Waals surface area contributed by atoms with E-state index in [9.17, 15) is 44.7 Å². The Bertz CT molecular complexity index is 1350. The lowest BCUT2D eigenvalue weighted by Gasteiger charge is -2.38. The zero-order valence-corrected chi connectivity index (χ0v) is 23.1. The molecule has 0 spiro atoms. The van der Waals surface area contributed by atoms with E-state index in [0.717, 1.165) is 31.3 Å². The molecule has 1 aromatic carbocycles. The summed E-state index contributed by atoms with van der Waals surface area (Å²) < 4.78 is 118. The van der Waals surface area contributed by atoms with E-state index in [1.807, 2.05) is 0 Å². The van der Waals surface area contributed by atoms with E-state index in [1.165, 1.54) is 0 Å². The van der Waals surface area contributed by atoms with Gasteiger partial charge in [0.2, 0.25) is 0 Å². The summed E-state index contributed by atoms with van der Waals surface area (Å²) in [4.78, 5) is 17.3. The van der Waals surface area contributed by atoms with Crippen LogP contribution in [0.5, 0.6) is 5.75 Å². The number of nitrogens with zero attached hydrogens (tertiary/aromatic N) is 2. The van der Waals surface area contributed by atoms with Crippen molar-refractivity contribution in [2.24, 2.45) is 0 Å². The van der Waals surface area contributed by atoms with Gasteiger partial charge in [0.25, 0.3) is 0 Å². The van der Waals surface area contributed by atoms with Crippen molar-refractivity contribution in [2.75, 3.05) is 24.6 Å². The van der Waals surface area contributed by atoms with Gasteiger partial charge in [-0.25, -0.2) is 9.78 Å². The van der Waals surface area contributed by atoms with Crippen LogP contribution in [0.4, 0.5) is 37.0 Å². The van der Waals surface area contributed by atoms with E-state index in [2.05, 4.69) is 9.17 Å². The molecule has 0 bridgehead atoms. The summed E-state index contributed by atoms with van der Waals surface area (Å²) >= 11 is 6.03. The molecule has 0 saturated carbocycles. The number of benzene rings is 1. The minimum absolute atomic E-state index is 0.110.